The second-order valence-corrected chi connectivity index (χ2v) is 7.67. The van der Waals surface area contributed by atoms with Crippen molar-refractivity contribution >= 4 is 17.2 Å². The van der Waals surface area contributed by atoms with Gasteiger partial charge in [0.15, 0.2) is 5.82 Å². The summed E-state index contributed by atoms with van der Waals surface area (Å²) in [5.41, 5.74) is 4.80. The molecule has 33 heavy (non-hydrogen) atoms. The van der Waals surface area contributed by atoms with Gasteiger partial charge in [-0.05, 0) is 42.0 Å². The Bertz CT molecular complexity index is 1300. The van der Waals surface area contributed by atoms with Crippen LogP contribution in [0.5, 0.6) is 0 Å². The van der Waals surface area contributed by atoms with Crippen LogP contribution in [0.2, 0.25) is 0 Å². The molecular weight excluding hydrogens is 409 g/mol. The Hall–Kier alpha value is -4.31. The largest absolute Gasteiger partial charge is 0.294 e. The van der Waals surface area contributed by atoms with E-state index in [1.165, 1.54) is 6.07 Å². The molecule has 5 rings (SSSR count). The van der Waals surface area contributed by atoms with Crippen molar-refractivity contribution < 1.29 is 4.39 Å². The first-order valence-corrected chi connectivity index (χ1v) is 10.8. The highest BCUT2D eigenvalue weighted by Gasteiger charge is 2.20. The standard InChI is InChI=1S/C29H22FN3/c30-26-19-11-10-18-25(26)28-21-31-29(27(32-28)20-22-12-4-1-5-13-22)33(23-14-6-2-7-15-23)24-16-8-3-9-17-24/h1-19,21H,20H2. The van der Waals surface area contributed by atoms with E-state index in [1.54, 1.807) is 18.3 Å². The van der Waals surface area contributed by atoms with Crippen LogP contribution in [0.1, 0.15) is 11.3 Å². The number of hydrogen-bond acceptors (Lipinski definition) is 3. The van der Waals surface area contributed by atoms with Crippen molar-refractivity contribution in [2.45, 2.75) is 6.42 Å². The minimum Gasteiger partial charge on any atom is -0.294 e. The molecule has 0 aliphatic heterocycles. The third kappa shape index (κ3) is 4.51. The summed E-state index contributed by atoms with van der Waals surface area (Å²) in [6.07, 6.45) is 2.22. The maximum atomic E-state index is 14.5. The first-order valence-electron chi connectivity index (χ1n) is 10.8. The van der Waals surface area contributed by atoms with Crippen molar-refractivity contribution in [2.75, 3.05) is 4.90 Å². The van der Waals surface area contributed by atoms with Crippen molar-refractivity contribution in [3.8, 4) is 11.3 Å². The molecule has 0 unspecified atom stereocenters. The molecule has 0 amide bonds. The predicted octanol–water partition coefficient (Wildman–Crippen LogP) is 7.34. The van der Waals surface area contributed by atoms with Gasteiger partial charge in [0.2, 0.25) is 0 Å². The minimum atomic E-state index is -0.312. The monoisotopic (exact) mass is 431 g/mol. The summed E-state index contributed by atoms with van der Waals surface area (Å²) in [6.45, 7) is 0. The molecule has 4 heteroatoms. The van der Waals surface area contributed by atoms with Gasteiger partial charge in [0, 0.05) is 23.4 Å². The Balaban J connectivity index is 1.70. The zero-order valence-electron chi connectivity index (χ0n) is 18.0. The molecule has 0 saturated heterocycles. The molecule has 0 bridgehead atoms. The molecule has 160 valence electrons. The molecular formula is C29H22FN3. The van der Waals surface area contributed by atoms with Crippen molar-refractivity contribution in [3.05, 3.63) is 139 Å². The van der Waals surface area contributed by atoms with Crippen LogP contribution in [0.15, 0.2) is 121 Å². The van der Waals surface area contributed by atoms with Crippen LogP contribution in [-0.2, 0) is 6.42 Å². The molecule has 3 nitrogen and oxygen atoms in total. The Morgan fingerprint density at radius 3 is 1.79 bits per heavy atom. The van der Waals surface area contributed by atoms with E-state index >= 15 is 0 Å². The lowest BCUT2D eigenvalue weighted by Crippen LogP contribution is -2.15. The number of nitrogens with zero attached hydrogens (tertiary/aromatic N) is 3. The molecule has 1 heterocycles. The van der Waals surface area contributed by atoms with Crippen molar-refractivity contribution in [1.29, 1.82) is 0 Å². The van der Waals surface area contributed by atoms with Crippen LogP contribution in [0, 0.1) is 5.82 Å². The maximum absolute atomic E-state index is 14.5. The van der Waals surface area contributed by atoms with E-state index in [0.717, 1.165) is 28.5 Å². The van der Waals surface area contributed by atoms with Gasteiger partial charge in [-0.1, -0.05) is 78.9 Å². The van der Waals surface area contributed by atoms with Gasteiger partial charge in [-0.2, -0.15) is 0 Å². The average molecular weight is 432 g/mol. The maximum Gasteiger partial charge on any atom is 0.159 e. The number of halogens is 1. The first kappa shape index (κ1) is 20.6. The quantitative estimate of drug-likeness (QED) is 0.282. The van der Waals surface area contributed by atoms with Crippen LogP contribution in [0.4, 0.5) is 21.6 Å². The van der Waals surface area contributed by atoms with Gasteiger partial charge in [-0.3, -0.25) is 4.90 Å². The van der Waals surface area contributed by atoms with Gasteiger partial charge in [-0.15, -0.1) is 0 Å². The number of rotatable bonds is 6. The molecule has 0 atom stereocenters. The smallest absolute Gasteiger partial charge is 0.159 e. The second-order valence-electron chi connectivity index (χ2n) is 7.67. The summed E-state index contributed by atoms with van der Waals surface area (Å²) in [5.74, 6) is 0.407. The molecule has 4 aromatic carbocycles. The van der Waals surface area contributed by atoms with E-state index in [9.17, 15) is 4.39 Å². The van der Waals surface area contributed by atoms with Crippen LogP contribution >= 0.6 is 0 Å². The zero-order chi connectivity index (χ0) is 22.5. The summed E-state index contributed by atoms with van der Waals surface area (Å²) in [7, 11) is 0. The molecule has 0 N–H and O–H groups in total. The van der Waals surface area contributed by atoms with Gasteiger partial charge in [-0.25, -0.2) is 14.4 Å². The topological polar surface area (TPSA) is 29.0 Å². The Morgan fingerprint density at radius 1 is 0.636 bits per heavy atom. The van der Waals surface area contributed by atoms with Gasteiger partial charge in [0.1, 0.15) is 5.82 Å². The Kier molecular flexibility index (Phi) is 5.89. The van der Waals surface area contributed by atoms with E-state index in [0.29, 0.717) is 17.7 Å². The lowest BCUT2D eigenvalue weighted by atomic mass is 10.1. The summed E-state index contributed by atoms with van der Waals surface area (Å²) in [4.78, 5) is 11.9. The van der Waals surface area contributed by atoms with Crippen LogP contribution < -0.4 is 4.90 Å². The lowest BCUT2D eigenvalue weighted by Gasteiger charge is -2.26. The highest BCUT2D eigenvalue weighted by molar-refractivity contribution is 5.76. The van der Waals surface area contributed by atoms with Gasteiger partial charge < -0.3 is 0 Å². The molecule has 5 aromatic rings. The van der Waals surface area contributed by atoms with Crippen molar-refractivity contribution in [1.82, 2.24) is 9.97 Å². The SMILES string of the molecule is Fc1ccccc1-c1cnc(N(c2ccccc2)c2ccccc2)c(Cc2ccccc2)n1. The van der Waals surface area contributed by atoms with Gasteiger partial charge in [0.25, 0.3) is 0 Å². The third-order valence-corrected chi connectivity index (χ3v) is 5.43. The molecule has 0 saturated carbocycles. The van der Waals surface area contributed by atoms with Crippen LogP contribution in [0.25, 0.3) is 11.3 Å². The summed E-state index contributed by atoms with van der Waals surface area (Å²) < 4.78 is 14.5. The molecule has 0 spiro atoms. The fraction of sp³-hybridized carbons (Fsp3) is 0.0345. The van der Waals surface area contributed by atoms with Crippen LogP contribution in [-0.4, -0.2) is 9.97 Å². The van der Waals surface area contributed by atoms with E-state index < -0.39 is 0 Å². The number of hydrogen-bond donors (Lipinski definition) is 0. The normalized spacial score (nSPS) is 10.7. The fourth-order valence-corrected chi connectivity index (χ4v) is 3.86. The molecule has 1 aromatic heterocycles. The van der Waals surface area contributed by atoms with E-state index in [4.69, 9.17) is 9.97 Å². The Morgan fingerprint density at radius 2 is 1.18 bits per heavy atom. The van der Waals surface area contributed by atoms with Gasteiger partial charge >= 0.3 is 0 Å². The fourth-order valence-electron chi connectivity index (χ4n) is 3.86. The summed E-state index contributed by atoms with van der Waals surface area (Å²) in [6, 6.07) is 37.0. The van der Waals surface area contributed by atoms with Crippen molar-refractivity contribution in [3.63, 3.8) is 0 Å². The van der Waals surface area contributed by atoms with E-state index in [2.05, 4.69) is 17.0 Å². The zero-order valence-corrected chi connectivity index (χ0v) is 18.0. The van der Waals surface area contributed by atoms with Gasteiger partial charge in [0.05, 0.1) is 17.6 Å². The molecule has 0 fully saturated rings. The average Bonchev–Trinajstić information content (AvgIpc) is 2.87. The number of benzene rings is 4. The highest BCUT2D eigenvalue weighted by atomic mass is 19.1. The predicted molar refractivity (Wildman–Crippen MR) is 131 cm³/mol. The van der Waals surface area contributed by atoms with E-state index in [-0.39, 0.29) is 5.82 Å². The summed E-state index contributed by atoms with van der Waals surface area (Å²) >= 11 is 0. The minimum absolute atomic E-state index is 0.312. The lowest BCUT2D eigenvalue weighted by molar-refractivity contribution is 0.630. The third-order valence-electron chi connectivity index (χ3n) is 5.43. The van der Waals surface area contributed by atoms with Crippen LogP contribution in [0.3, 0.4) is 0 Å². The number of anilines is 3. The highest BCUT2D eigenvalue weighted by Crippen LogP contribution is 2.36. The Labute approximate surface area is 192 Å². The molecule has 0 aliphatic carbocycles. The molecule has 0 aliphatic rings. The first-order chi connectivity index (χ1) is 16.3. The second kappa shape index (κ2) is 9.45. The van der Waals surface area contributed by atoms with Crippen molar-refractivity contribution in [2.24, 2.45) is 0 Å². The molecule has 0 radical (unpaired) electrons. The van der Waals surface area contributed by atoms with E-state index in [1.807, 2.05) is 84.9 Å². The summed E-state index contributed by atoms with van der Waals surface area (Å²) in [5, 5.41) is 0. The number of para-hydroxylation sites is 2. The number of aromatic nitrogens is 2.